The van der Waals surface area contributed by atoms with Crippen LogP contribution in [-0.2, 0) is 21.4 Å². The fourth-order valence-corrected chi connectivity index (χ4v) is 3.69. The van der Waals surface area contributed by atoms with E-state index < -0.39 is 10.0 Å². The van der Waals surface area contributed by atoms with Gasteiger partial charge in [-0.15, -0.1) is 0 Å². The molecule has 8 heteroatoms. The van der Waals surface area contributed by atoms with E-state index in [1.54, 1.807) is 30.3 Å². The molecule has 0 spiro atoms. The van der Waals surface area contributed by atoms with E-state index >= 15 is 0 Å². The smallest absolute Gasteiger partial charge is 0.243 e. The van der Waals surface area contributed by atoms with Crippen molar-refractivity contribution in [1.29, 1.82) is 0 Å². The highest BCUT2D eigenvalue weighted by Crippen LogP contribution is 2.29. The molecule has 2 aromatic rings. The molecule has 150 valence electrons. The molecule has 0 saturated carbocycles. The molecule has 0 aliphatic carbocycles. The summed E-state index contributed by atoms with van der Waals surface area (Å²) in [4.78, 5) is 11.4. The number of benzene rings is 2. The Balaban J connectivity index is 2.21. The van der Waals surface area contributed by atoms with Gasteiger partial charge in [0.05, 0.1) is 17.7 Å². The quantitative estimate of drug-likeness (QED) is 0.650. The van der Waals surface area contributed by atoms with Gasteiger partial charge in [-0.2, -0.15) is 4.31 Å². The fraction of sp³-hybridized carbons (Fsp3) is 0.250. The lowest BCUT2D eigenvalue weighted by molar-refractivity contribution is -0.114. The minimum Gasteiger partial charge on any atom is -0.495 e. The van der Waals surface area contributed by atoms with Gasteiger partial charge in [-0.05, 0) is 35.9 Å². The summed E-state index contributed by atoms with van der Waals surface area (Å²) >= 11 is 0. The minimum atomic E-state index is -3.76. The molecule has 1 N–H and O–H groups in total. The summed E-state index contributed by atoms with van der Waals surface area (Å²) in [7, 11) is -0.815. The summed E-state index contributed by atoms with van der Waals surface area (Å²) in [6, 6.07) is 11.5. The van der Waals surface area contributed by atoms with Gasteiger partial charge in [-0.1, -0.05) is 24.8 Å². The highest BCUT2D eigenvalue weighted by molar-refractivity contribution is 7.89. The van der Waals surface area contributed by atoms with Crippen molar-refractivity contribution in [3.05, 3.63) is 60.7 Å². The second-order valence-corrected chi connectivity index (χ2v) is 8.09. The van der Waals surface area contributed by atoms with Gasteiger partial charge >= 0.3 is 0 Å². The summed E-state index contributed by atoms with van der Waals surface area (Å²) in [6.07, 6.45) is 1.65. The summed E-state index contributed by atoms with van der Waals surface area (Å²) < 4.78 is 37.7. The van der Waals surface area contributed by atoms with Crippen molar-refractivity contribution in [3.8, 4) is 11.5 Å². The summed E-state index contributed by atoms with van der Waals surface area (Å²) in [5, 5.41) is 2.58. The zero-order valence-electron chi connectivity index (χ0n) is 16.1. The Labute approximate surface area is 165 Å². The molecule has 0 radical (unpaired) electrons. The first-order chi connectivity index (χ1) is 13.3. The van der Waals surface area contributed by atoms with E-state index in [9.17, 15) is 13.2 Å². The third-order valence-electron chi connectivity index (χ3n) is 3.89. The number of nitrogens with zero attached hydrogens (tertiary/aromatic N) is 1. The Morgan fingerprint density at radius 3 is 2.46 bits per heavy atom. The van der Waals surface area contributed by atoms with Crippen LogP contribution in [0.15, 0.2) is 60.0 Å². The summed E-state index contributed by atoms with van der Waals surface area (Å²) in [5.74, 6) is 0.746. The van der Waals surface area contributed by atoms with Crippen molar-refractivity contribution < 1.29 is 22.7 Å². The van der Waals surface area contributed by atoms with Crippen LogP contribution in [0, 0.1) is 0 Å². The topological polar surface area (TPSA) is 84.9 Å². The molecule has 0 aliphatic heterocycles. The number of carbonyl (C=O) groups is 1. The Bertz CT molecular complexity index is 940. The zero-order valence-corrected chi connectivity index (χ0v) is 17.0. The lowest BCUT2D eigenvalue weighted by atomic mass is 10.2. The molecule has 0 heterocycles. The van der Waals surface area contributed by atoms with Crippen LogP contribution in [0.25, 0.3) is 0 Å². The van der Waals surface area contributed by atoms with Gasteiger partial charge in [0.15, 0.2) is 0 Å². The van der Waals surface area contributed by atoms with Crippen molar-refractivity contribution in [1.82, 2.24) is 4.31 Å². The van der Waals surface area contributed by atoms with Gasteiger partial charge in [0.25, 0.3) is 0 Å². The zero-order chi connectivity index (χ0) is 20.7. The highest BCUT2D eigenvalue weighted by Gasteiger charge is 2.22. The average molecular weight is 404 g/mol. The van der Waals surface area contributed by atoms with Crippen LogP contribution in [0.1, 0.15) is 12.5 Å². The highest BCUT2D eigenvalue weighted by atomic mass is 32.2. The maximum atomic E-state index is 12.9. The number of rotatable bonds is 9. The number of methoxy groups -OCH3 is 1. The van der Waals surface area contributed by atoms with Crippen molar-refractivity contribution >= 4 is 21.6 Å². The third-order valence-corrected chi connectivity index (χ3v) is 5.69. The van der Waals surface area contributed by atoms with E-state index in [-0.39, 0.29) is 17.3 Å². The number of sulfonamides is 1. The largest absolute Gasteiger partial charge is 0.495 e. The molecule has 0 aromatic heterocycles. The molecular formula is C20H24N2O5S. The number of amides is 1. The Kier molecular flexibility index (Phi) is 7.19. The maximum absolute atomic E-state index is 12.9. The third kappa shape index (κ3) is 5.34. The number of hydrogen-bond acceptors (Lipinski definition) is 5. The van der Waals surface area contributed by atoms with E-state index in [2.05, 4.69) is 11.9 Å². The van der Waals surface area contributed by atoms with Gasteiger partial charge < -0.3 is 14.8 Å². The number of hydrogen-bond donors (Lipinski definition) is 1. The molecule has 1 amide bonds. The molecule has 28 heavy (non-hydrogen) atoms. The Morgan fingerprint density at radius 1 is 1.21 bits per heavy atom. The molecule has 2 aromatic carbocycles. The van der Waals surface area contributed by atoms with Crippen LogP contribution >= 0.6 is 0 Å². The van der Waals surface area contributed by atoms with Crippen LogP contribution in [0.5, 0.6) is 11.5 Å². The van der Waals surface area contributed by atoms with Crippen LogP contribution in [0.4, 0.5) is 5.69 Å². The maximum Gasteiger partial charge on any atom is 0.243 e. The SMILES string of the molecule is C=CCOc1ccc(CN(C)S(=O)(=O)c2ccc(OC)c(NC(C)=O)c2)cc1. The van der Waals surface area contributed by atoms with Gasteiger partial charge in [0.1, 0.15) is 18.1 Å². The Hall–Kier alpha value is -2.84. The van der Waals surface area contributed by atoms with Crippen LogP contribution in [0.3, 0.4) is 0 Å². The normalized spacial score (nSPS) is 11.1. The van der Waals surface area contributed by atoms with E-state index in [1.165, 1.54) is 43.6 Å². The lowest BCUT2D eigenvalue weighted by Gasteiger charge is -2.19. The minimum absolute atomic E-state index is 0.0606. The van der Waals surface area contributed by atoms with E-state index in [0.29, 0.717) is 23.8 Å². The van der Waals surface area contributed by atoms with Crippen LogP contribution in [-0.4, -0.2) is 39.4 Å². The molecule has 2 rings (SSSR count). The van der Waals surface area contributed by atoms with E-state index in [1.807, 2.05) is 0 Å². The van der Waals surface area contributed by atoms with Gasteiger partial charge in [-0.25, -0.2) is 8.42 Å². The van der Waals surface area contributed by atoms with E-state index in [0.717, 1.165) is 5.56 Å². The van der Waals surface area contributed by atoms with Crippen molar-refractivity contribution in [2.24, 2.45) is 0 Å². The molecule has 0 atom stereocenters. The molecule has 0 bridgehead atoms. The molecule has 0 saturated heterocycles. The average Bonchev–Trinajstić information content (AvgIpc) is 2.66. The van der Waals surface area contributed by atoms with Crippen molar-refractivity contribution in [2.45, 2.75) is 18.4 Å². The number of ether oxygens (including phenoxy) is 2. The first-order valence-electron chi connectivity index (χ1n) is 8.52. The fourth-order valence-electron chi connectivity index (χ4n) is 2.50. The monoisotopic (exact) mass is 404 g/mol. The molecular weight excluding hydrogens is 380 g/mol. The second kappa shape index (κ2) is 9.38. The molecule has 0 fully saturated rings. The number of carbonyl (C=O) groups excluding carboxylic acids is 1. The number of nitrogens with one attached hydrogen (secondary N) is 1. The molecule has 0 unspecified atom stereocenters. The predicted octanol–water partition coefficient (Wildman–Crippen LogP) is 3.04. The van der Waals surface area contributed by atoms with Crippen molar-refractivity contribution in [2.75, 3.05) is 26.1 Å². The summed E-state index contributed by atoms with van der Waals surface area (Å²) in [5.41, 5.74) is 1.11. The molecule has 0 aliphatic rings. The predicted molar refractivity (Wildman–Crippen MR) is 108 cm³/mol. The van der Waals surface area contributed by atoms with Crippen molar-refractivity contribution in [3.63, 3.8) is 0 Å². The van der Waals surface area contributed by atoms with Crippen LogP contribution in [0.2, 0.25) is 0 Å². The van der Waals surface area contributed by atoms with Gasteiger partial charge in [-0.3, -0.25) is 4.79 Å². The standard InChI is InChI=1S/C20H24N2O5S/c1-5-12-27-17-8-6-16(7-9-17)14-22(3)28(24,25)18-10-11-20(26-4)19(13-18)21-15(2)23/h5-11,13H,1,12,14H2,2-4H3,(H,21,23). The van der Waals surface area contributed by atoms with Gasteiger partial charge in [0, 0.05) is 20.5 Å². The van der Waals surface area contributed by atoms with E-state index in [4.69, 9.17) is 9.47 Å². The molecule has 7 nitrogen and oxygen atoms in total. The van der Waals surface area contributed by atoms with Gasteiger partial charge in [0.2, 0.25) is 15.9 Å². The summed E-state index contributed by atoms with van der Waals surface area (Å²) in [6.45, 7) is 5.52. The lowest BCUT2D eigenvalue weighted by Crippen LogP contribution is -2.26. The Morgan fingerprint density at radius 2 is 1.89 bits per heavy atom. The first kappa shape index (κ1) is 21.5. The van der Waals surface area contributed by atoms with Crippen LogP contribution < -0.4 is 14.8 Å². The second-order valence-electron chi connectivity index (χ2n) is 6.05. The number of anilines is 1. The first-order valence-corrected chi connectivity index (χ1v) is 9.96.